The summed E-state index contributed by atoms with van der Waals surface area (Å²) in [6.07, 6.45) is 0.551. The minimum Gasteiger partial charge on any atom is -0.355 e. The van der Waals surface area contributed by atoms with Crippen molar-refractivity contribution < 1.29 is 18.0 Å². The number of imidazole rings is 1. The highest BCUT2D eigenvalue weighted by Crippen LogP contribution is 2.39. The summed E-state index contributed by atoms with van der Waals surface area (Å²) in [5.41, 5.74) is 0. The van der Waals surface area contributed by atoms with Gasteiger partial charge in [0.25, 0.3) is 0 Å². The maximum atomic E-state index is 12.5. The molecule has 2 rings (SSSR count). The van der Waals surface area contributed by atoms with Gasteiger partial charge in [-0.2, -0.15) is 13.2 Å². The summed E-state index contributed by atoms with van der Waals surface area (Å²) in [7, 11) is 0. The number of nitrogens with one attached hydrogen (secondary N) is 2. The fourth-order valence-electron chi connectivity index (χ4n) is 2.57. The number of aromatic amines is 1. The molecule has 0 radical (unpaired) electrons. The fraction of sp³-hybridized carbons (Fsp3) is 0.692. The van der Waals surface area contributed by atoms with Gasteiger partial charge in [-0.15, -0.1) is 0 Å². The van der Waals surface area contributed by atoms with Gasteiger partial charge in [0.1, 0.15) is 5.82 Å². The molecule has 1 saturated carbocycles. The van der Waals surface area contributed by atoms with Crippen LogP contribution in [0.15, 0.2) is 12.4 Å². The van der Waals surface area contributed by atoms with Crippen LogP contribution in [0.2, 0.25) is 0 Å². The number of H-pyrrole nitrogens is 1. The monoisotopic (exact) mass is 289 g/mol. The topological polar surface area (TPSA) is 57.8 Å². The first-order valence-corrected chi connectivity index (χ1v) is 6.79. The Labute approximate surface area is 115 Å². The number of halogens is 3. The second-order valence-electron chi connectivity index (χ2n) is 5.17. The molecular formula is C13H18F3N3O. The first-order valence-electron chi connectivity index (χ1n) is 6.79. The molecule has 0 unspecified atom stereocenters. The van der Waals surface area contributed by atoms with Crippen LogP contribution in [0.1, 0.15) is 31.5 Å². The van der Waals surface area contributed by atoms with Gasteiger partial charge in [-0.1, -0.05) is 0 Å². The lowest BCUT2D eigenvalue weighted by Gasteiger charge is -2.29. The third-order valence-electron chi connectivity index (χ3n) is 3.78. The Kier molecular flexibility index (Phi) is 4.67. The van der Waals surface area contributed by atoms with Crippen molar-refractivity contribution >= 4 is 5.91 Å². The minimum atomic E-state index is -4.12. The maximum absolute atomic E-state index is 12.5. The highest BCUT2D eigenvalue weighted by atomic mass is 19.4. The zero-order chi connectivity index (χ0) is 14.6. The van der Waals surface area contributed by atoms with Crippen molar-refractivity contribution in [3.05, 3.63) is 18.2 Å². The van der Waals surface area contributed by atoms with Gasteiger partial charge in [0, 0.05) is 31.3 Å². The fourth-order valence-corrected chi connectivity index (χ4v) is 2.57. The van der Waals surface area contributed by atoms with Crippen molar-refractivity contribution in [3.8, 4) is 0 Å². The molecule has 1 aromatic heterocycles. The van der Waals surface area contributed by atoms with Gasteiger partial charge in [0.05, 0.1) is 5.92 Å². The van der Waals surface area contributed by atoms with Crippen LogP contribution in [0, 0.1) is 11.8 Å². The number of alkyl halides is 3. The third-order valence-corrected chi connectivity index (χ3v) is 3.78. The lowest BCUT2D eigenvalue weighted by atomic mass is 9.81. The van der Waals surface area contributed by atoms with Crippen LogP contribution in [0.25, 0.3) is 0 Å². The molecule has 0 atom stereocenters. The van der Waals surface area contributed by atoms with Crippen LogP contribution in [-0.2, 0) is 11.2 Å². The molecule has 0 bridgehead atoms. The van der Waals surface area contributed by atoms with Crippen molar-refractivity contribution in [1.82, 2.24) is 15.3 Å². The van der Waals surface area contributed by atoms with E-state index in [1.54, 1.807) is 12.4 Å². The Morgan fingerprint density at radius 2 is 2.05 bits per heavy atom. The molecule has 0 aromatic carbocycles. The van der Waals surface area contributed by atoms with Crippen molar-refractivity contribution in [2.75, 3.05) is 6.54 Å². The number of hydrogen-bond donors (Lipinski definition) is 2. The van der Waals surface area contributed by atoms with Crippen LogP contribution in [0.5, 0.6) is 0 Å². The molecule has 1 fully saturated rings. The van der Waals surface area contributed by atoms with Gasteiger partial charge in [0.2, 0.25) is 5.91 Å². The summed E-state index contributed by atoms with van der Waals surface area (Å²) in [6.45, 7) is 0.450. The van der Waals surface area contributed by atoms with Gasteiger partial charge in [-0.05, 0) is 25.7 Å². The Morgan fingerprint density at radius 3 is 2.60 bits per heavy atom. The van der Waals surface area contributed by atoms with Crippen LogP contribution in [0.4, 0.5) is 13.2 Å². The van der Waals surface area contributed by atoms with E-state index >= 15 is 0 Å². The Bertz CT molecular complexity index is 423. The summed E-state index contributed by atoms with van der Waals surface area (Å²) < 4.78 is 37.6. The first kappa shape index (κ1) is 14.9. The van der Waals surface area contributed by atoms with E-state index in [0.717, 1.165) is 5.82 Å². The van der Waals surface area contributed by atoms with E-state index in [0.29, 0.717) is 25.8 Å². The molecule has 112 valence electrons. The Balaban J connectivity index is 1.69. The lowest BCUT2D eigenvalue weighted by Crippen LogP contribution is -2.36. The zero-order valence-electron chi connectivity index (χ0n) is 11.0. The molecule has 0 saturated heterocycles. The number of aromatic nitrogens is 2. The summed E-state index contributed by atoms with van der Waals surface area (Å²) in [6, 6.07) is 0. The van der Waals surface area contributed by atoms with E-state index in [4.69, 9.17) is 0 Å². The summed E-state index contributed by atoms with van der Waals surface area (Å²) >= 11 is 0. The van der Waals surface area contributed by atoms with Gasteiger partial charge >= 0.3 is 6.18 Å². The predicted octanol–water partition coefficient (Wildman–Crippen LogP) is 2.44. The number of amides is 1. The minimum absolute atomic E-state index is 0.0553. The zero-order valence-corrected chi connectivity index (χ0v) is 11.0. The largest absolute Gasteiger partial charge is 0.391 e. The quantitative estimate of drug-likeness (QED) is 0.894. The van der Waals surface area contributed by atoms with Crippen LogP contribution in [-0.4, -0.2) is 28.6 Å². The second-order valence-corrected chi connectivity index (χ2v) is 5.17. The van der Waals surface area contributed by atoms with E-state index in [1.165, 1.54) is 0 Å². The van der Waals surface area contributed by atoms with Crippen molar-refractivity contribution in [3.63, 3.8) is 0 Å². The predicted molar refractivity (Wildman–Crippen MR) is 66.8 cm³/mol. The number of carbonyl (C=O) groups excluding carboxylic acids is 1. The first-order chi connectivity index (χ1) is 9.47. The Morgan fingerprint density at radius 1 is 1.35 bits per heavy atom. The second kappa shape index (κ2) is 6.28. The lowest BCUT2D eigenvalue weighted by molar-refractivity contribution is -0.184. The average Bonchev–Trinajstić information content (AvgIpc) is 2.91. The van der Waals surface area contributed by atoms with Gasteiger partial charge in [-0.25, -0.2) is 4.98 Å². The smallest absolute Gasteiger partial charge is 0.355 e. The van der Waals surface area contributed by atoms with E-state index in [-0.39, 0.29) is 24.7 Å². The number of hydrogen-bond acceptors (Lipinski definition) is 2. The molecule has 1 aliphatic carbocycles. The summed E-state index contributed by atoms with van der Waals surface area (Å²) in [5.74, 6) is -0.886. The molecule has 1 heterocycles. The summed E-state index contributed by atoms with van der Waals surface area (Å²) in [4.78, 5) is 18.8. The molecule has 20 heavy (non-hydrogen) atoms. The molecule has 1 aromatic rings. The van der Waals surface area contributed by atoms with E-state index < -0.39 is 12.1 Å². The SMILES string of the molecule is O=C(NCCc1ncc[nH]1)C1CCC(C(F)(F)F)CC1. The number of nitrogens with zero attached hydrogens (tertiary/aromatic N) is 1. The van der Waals surface area contributed by atoms with Crippen LogP contribution in [0.3, 0.4) is 0 Å². The molecule has 0 aliphatic heterocycles. The highest BCUT2D eigenvalue weighted by molar-refractivity contribution is 5.78. The third kappa shape index (κ3) is 3.98. The van der Waals surface area contributed by atoms with Gasteiger partial charge in [0.15, 0.2) is 0 Å². The van der Waals surface area contributed by atoms with Crippen LogP contribution >= 0.6 is 0 Å². The normalized spacial score (nSPS) is 23.6. The van der Waals surface area contributed by atoms with Crippen molar-refractivity contribution in [1.29, 1.82) is 0 Å². The molecule has 7 heteroatoms. The average molecular weight is 289 g/mol. The van der Waals surface area contributed by atoms with Crippen LogP contribution < -0.4 is 5.32 Å². The maximum Gasteiger partial charge on any atom is 0.391 e. The van der Waals surface area contributed by atoms with E-state index in [9.17, 15) is 18.0 Å². The van der Waals surface area contributed by atoms with Gasteiger partial charge in [-0.3, -0.25) is 4.79 Å². The number of rotatable bonds is 4. The molecule has 1 amide bonds. The molecule has 4 nitrogen and oxygen atoms in total. The Hall–Kier alpha value is -1.53. The molecular weight excluding hydrogens is 271 g/mol. The van der Waals surface area contributed by atoms with Gasteiger partial charge < -0.3 is 10.3 Å². The van der Waals surface area contributed by atoms with E-state index in [1.807, 2.05) is 0 Å². The van der Waals surface area contributed by atoms with E-state index in [2.05, 4.69) is 15.3 Å². The summed E-state index contributed by atoms with van der Waals surface area (Å²) in [5, 5.41) is 2.76. The molecule has 2 N–H and O–H groups in total. The highest BCUT2D eigenvalue weighted by Gasteiger charge is 2.42. The molecule has 1 aliphatic rings. The molecule has 0 spiro atoms. The van der Waals surface area contributed by atoms with Crippen molar-refractivity contribution in [2.45, 2.75) is 38.3 Å². The number of carbonyl (C=O) groups is 1. The van der Waals surface area contributed by atoms with Crippen molar-refractivity contribution in [2.24, 2.45) is 11.8 Å². The standard InChI is InChI=1S/C13H18F3N3O/c14-13(15,16)10-3-1-9(2-4-10)12(20)19-6-5-11-17-7-8-18-11/h7-10H,1-6H2,(H,17,18)(H,19,20).